The van der Waals surface area contributed by atoms with Crippen molar-refractivity contribution in [1.82, 2.24) is 9.55 Å². The molecule has 204 valence electrons. The molecule has 2 aliphatic rings. The quantitative estimate of drug-likeness (QED) is 0.420. The molecule has 0 radical (unpaired) electrons. The molecule has 0 unspecified atom stereocenters. The van der Waals surface area contributed by atoms with Crippen molar-refractivity contribution in [3.63, 3.8) is 0 Å². The average molecular weight is 529 g/mol. The highest BCUT2D eigenvalue weighted by atomic mass is 19.1. The van der Waals surface area contributed by atoms with Crippen molar-refractivity contribution in [3.8, 4) is 12.1 Å². The molecule has 2 fully saturated rings. The van der Waals surface area contributed by atoms with Crippen LogP contribution in [0.5, 0.6) is 0 Å². The minimum Gasteiger partial charge on any atom is -0.385 e. The molecule has 2 aliphatic carbocycles. The lowest BCUT2D eigenvalue weighted by Crippen LogP contribution is -2.36. The van der Waals surface area contributed by atoms with Crippen LogP contribution in [0.1, 0.15) is 75.5 Å². The van der Waals surface area contributed by atoms with Gasteiger partial charge in [0.2, 0.25) is 0 Å². The highest BCUT2D eigenvalue weighted by Crippen LogP contribution is 2.32. The SMILES string of the molecule is CN(c1c(C#N)c(=O)n(C)c2ccc(C#N)nc12)C1CCCCC1.Fc1ccc(NCC2CCCCC2)cc1. The van der Waals surface area contributed by atoms with Crippen molar-refractivity contribution in [2.45, 2.75) is 70.3 Å². The van der Waals surface area contributed by atoms with Gasteiger partial charge >= 0.3 is 0 Å². The summed E-state index contributed by atoms with van der Waals surface area (Å²) in [6.45, 7) is 1.03. The van der Waals surface area contributed by atoms with Gasteiger partial charge in [-0.1, -0.05) is 38.5 Å². The van der Waals surface area contributed by atoms with E-state index in [1.165, 1.54) is 55.2 Å². The number of hydrogen-bond donors (Lipinski definition) is 1. The first-order valence-corrected chi connectivity index (χ1v) is 14.0. The molecule has 2 saturated carbocycles. The van der Waals surface area contributed by atoms with E-state index in [-0.39, 0.29) is 28.7 Å². The van der Waals surface area contributed by atoms with Crippen LogP contribution in [0, 0.1) is 34.4 Å². The Morgan fingerprint density at radius 1 is 0.974 bits per heavy atom. The Morgan fingerprint density at radius 2 is 1.62 bits per heavy atom. The van der Waals surface area contributed by atoms with E-state index < -0.39 is 0 Å². The van der Waals surface area contributed by atoms with Gasteiger partial charge in [-0.15, -0.1) is 0 Å². The molecule has 5 rings (SSSR count). The number of nitriles is 2. The Morgan fingerprint density at radius 3 is 2.23 bits per heavy atom. The van der Waals surface area contributed by atoms with E-state index in [0.29, 0.717) is 16.7 Å². The lowest BCUT2D eigenvalue weighted by Gasteiger charge is -2.33. The van der Waals surface area contributed by atoms with Crippen LogP contribution in [0.3, 0.4) is 0 Å². The maximum absolute atomic E-state index is 12.7. The fraction of sp³-hybridized carbons (Fsp3) is 0.484. The maximum atomic E-state index is 12.7. The molecule has 3 aromatic rings. The summed E-state index contributed by atoms with van der Waals surface area (Å²) in [4.78, 5) is 19.0. The number of halogens is 1. The molecule has 0 aliphatic heterocycles. The molecule has 0 amide bonds. The second kappa shape index (κ2) is 13.2. The number of fused-ring (bicyclic) bond motifs is 1. The summed E-state index contributed by atoms with van der Waals surface area (Å²) in [7, 11) is 3.55. The highest BCUT2D eigenvalue weighted by Gasteiger charge is 2.25. The Labute approximate surface area is 229 Å². The summed E-state index contributed by atoms with van der Waals surface area (Å²) in [6, 6.07) is 14.3. The monoisotopic (exact) mass is 528 g/mol. The first-order valence-electron chi connectivity index (χ1n) is 14.0. The molecule has 0 atom stereocenters. The van der Waals surface area contributed by atoms with Gasteiger partial charge in [-0.25, -0.2) is 9.37 Å². The second-order valence-corrected chi connectivity index (χ2v) is 10.7. The summed E-state index contributed by atoms with van der Waals surface area (Å²) in [5.41, 5.74) is 2.82. The largest absolute Gasteiger partial charge is 0.385 e. The van der Waals surface area contributed by atoms with Crippen LogP contribution in [-0.2, 0) is 7.05 Å². The van der Waals surface area contributed by atoms with Gasteiger partial charge in [-0.3, -0.25) is 4.79 Å². The minimum absolute atomic E-state index is 0.0978. The zero-order valence-electron chi connectivity index (χ0n) is 22.9. The van der Waals surface area contributed by atoms with E-state index >= 15 is 0 Å². The molecule has 0 saturated heterocycles. The zero-order chi connectivity index (χ0) is 27.8. The highest BCUT2D eigenvalue weighted by molar-refractivity contribution is 5.92. The maximum Gasteiger partial charge on any atom is 0.270 e. The standard InChI is InChI=1S/C18H19N5O.C13H18FN/c1-22(13-6-4-3-5-7-13)17-14(11-20)18(24)23(2)15-9-8-12(10-19)21-16(15)17;14-12-6-8-13(9-7-12)15-10-11-4-2-1-3-5-11/h8-9,13H,3-7H2,1-2H3;6-9,11,15H,1-5,10H2. The smallest absolute Gasteiger partial charge is 0.270 e. The van der Waals surface area contributed by atoms with Crippen LogP contribution in [-0.4, -0.2) is 29.2 Å². The van der Waals surface area contributed by atoms with E-state index in [1.807, 2.05) is 18.0 Å². The number of aromatic nitrogens is 2. The van der Waals surface area contributed by atoms with Crippen molar-refractivity contribution >= 4 is 22.4 Å². The predicted octanol–water partition coefficient (Wildman–Crippen LogP) is 6.26. The van der Waals surface area contributed by atoms with Gasteiger partial charge < -0.3 is 14.8 Å². The number of nitrogens with zero attached hydrogens (tertiary/aromatic N) is 5. The van der Waals surface area contributed by atoms with Gasteiger partial charge in [0.15, 0.2) is 0 Å². The Hall–Kier alpha value is -3.91. The van der Waals surface area contributed by atoms with Crippen molar-refractivity contribution < 1.29 is 4.39 Å². The van der Waals surface area contributed by atoms with E-state index in [2.05, 4.69) is 16.4 Å². The van der Waals surface area contributed by atoms with Crippen LogP contribution in [0.25, 0.3) is 11.0 Å². The third-order valence-corrected chi connectivity index (χ3v) is 8.08. The molecular formula is C31H37FN6O. The molecule has 2 aromatic heterocycles. The Bertz CT molecular complexity index is 1410. The normalized spacial score (nSPS) is 16.0. The van der Waals surface area contributed by atoms with Crippen LogP contribution < -0.4 is 15.8 Å². The zero-order valence-corrected chi connectivity index (χ0v) is 22.9. The fourth-order valence-electron chi connectivity index (χ4n) is 5.77. The Balaban J connectivity index is 0.000000202. The molecule has 2 heterocycles. The number of aryl methyl sites for hydroxylation is 1. The predicted molar refractivity (Wildman–Crippen MR) is 153 cm³/mol. The molecular weight excluding hydrogens is 491 g/mol. The fourth-order valence-corrected chi connectivity index (χ4v) is 5.77. The van der Waals surface area contributed by atoms with Gasteiger partial charge in [0.25, 0.3) is 5.56 Å². The topological polar surface area (TPSA) is 97.7 Å². The van der Waals surface area contributed by atoms with Crippen LogP contribution in [0.2, 0.25) is 0 Å². The number of rotatable bonds is 5. The van der Waals surface area contributed by atoms with Gasteiger partial charge in [-0.2, -0.15) is 10.5 Å². The van der Waals surface area contributed by atoms with Crippen molar-refractivity contribution in [2.75, 3.05) is 23.8 Å². The van der Waals surface area contributed by atoms with Crippen molar-refractivity contribution in [1.29, 1.82) is 10.5 Å². The Kier molecular flexibility index (Phi) is 9.54. The van der Waals surface area contributed by atoms with Crippen molar-refractivity contribution in [3.05, 3.63) is 63.8 Å². The lowest BCUT2D eigenvalue weighted by molar-refractivity contribution is 0.373. The summed E-state index contributed by atoms with van der Waals surface area (Å²) >= 11 is 0. The number of pyridine rings is 2. The molecule has 39 heavy (non-hydrogen) atoms. The first-order chi connectivity index (χ1) is 18.9. The number of benzene rings is 1. The number of hydrogen-bond acceptors (Lipinski definition) is 6. The van der Waals surface area contributed by atoms with Crippen LogP contribution in [0.4, 0.5) is 15.8 Å². The average Bonchev–Trinajstić information content (AvgIpc) is 2.99. The molecule has 8 heteroatoms. The van der Waals surface area contributed by atoms with E-state index in [4.69, 9.17) is 5.26 Å². The van der Waals surface area contributed by atoms with Gasteiger partial charge in [0, 0.05) is 32.4 Å². The second-order valence-electron chi connectivity index (χ2n) is 10.7. The van der Waals surface area contributed by atoms with E-state index in [0.717, 1.165) is 43.8 Å². The summed E-state index contributed by atoms with van der Waals surface area (Å²) in [6.07, 6.45) is 12.4. The summed E-state index contributed by atoms with van der Waals surface area (Å²) in [5, 5.41) is 22.1. The molecule has 1 N–H and O–H groups in total. The molecule has 1 aromatic carbocycles. The first kappa shape index (κ1) is 28.1. The molecule has 0 bridgehead atoms. The van der Waals surface area contributed by atoms with Gasteiger partial charge in [-0.05, 0) is 68.0 Å². The van der Waals surface area contributed by atoms with Crippen LogP contribution in [0.15, 0.2) is 41.2 Å². The van der Waals surface area contributed by atoms with E-state index in [9.17, 15) is 14.4 Å². The third kappa shape index (κ3) is 6.75. The lowest BCUT2D eigenvalue weighted by atomic mass is 9.89. The third-order valence-electron chi connectivity index (χ3n) is 8.08. The van der Waals surface area contributed by atoms with Crippen molar-refractivity contribution in [2.24, 2.45) is 13.0 Å². The van der Waals surface area contributed by atoms with Gasteiger partial charge in [0.05, 0.1) is 11.2 Å². The number of nitrogens with one attached hydrogen (secondary N) is 1. The van der Waals surface area contributed by atoms with Crippen LogP contribution >= 0.6 is 0 Å². The summed E-state index contributed by atoms with van der Waals surface area (Å²) < 4.78 is 14.1. The van der Waals surface area contributed by atoms with E-state index in [1.54, 1.807) is 31.3 Å². The summed E-state index contributed by atoms with van der Waals surface area (Å²) in [5.74, 6) is 0.641. The number of anilines is 2. The molecule has 7 nitrogen and oxygen atoms in total. The molecule has 0 spiro atoms. The van der Waals surface area contributed by atoms with Gasteiger partial charge in [0.1, 0.15) is 34.7 Å². The minimum atomic E-state index is -0.325.